The molecule has 114 valence electrons. The van der Waals surface area contributed by atoms with Crippen LogP contribution in [0.25, 0.3) is 0 Å². The number of rotatable bonds is 5. The van der Waals surface area contributed by atoms with Crippen molar-refractivity contribution in [3.8, 4) is 0 Å². The number of carbonyl (C=O) groups is 1. The molecule has 1 saturated carbocycles. The fourth-order valence-electron chi connectivity index (χ4n) is 2.10. The van der Waals surface area contributed by atoms with Gasteiger partial charge in [0.05, 0.1) is 11.0 Å². The average Bonchev–Trinajstić information content (AvgIpc) is 3.24. The van der Waals surface area contributed by atoms with Gasteiger partial charge < -0.3 is 15.3 Å². The minimum Gasteiger partial charge on any atom is -0.391 e. The smallest absolute Gasteiger partial charge is 0.321 e. The van der Waals surface area contributed by atoms with E-state index in [1.807, 2.05) is 0 Å². The number of nitrogens with zero attached hydrogens (tertiary/aromatic N) is 2. The lowest BCUT2D eigenvalue weighted by Gasteiger charge is -2.21. The highest BCUT2D eigenvalue weighted by Gasteiger charge is 2.31. The molecule has 1 aliphatic carbocycles. The summed E-state index contributed by atoms with van der Waals surface area (Å²) in [7, 11) is 1.59. The SMILES string of the molecule is Cc1ccc(NC(=O)N(C)CC(O)C2CC2)cc1[N+](=O)[O-]. The molecule has 21 heavy (non-hydrogen) atoms. The van der Waals surface area contributed by atoms with Crippen LogP contribution in [0.5, 0.6) is 0 Å². The van der Waals surface area contributed by atoms with E-state index in [-0.39, 0.29) is 12.2 Å². The quantitative estimate of drug-likeness (QED) is 0.642. The Hall–Kier alpha value is -2.15. The number of hydrogen-bond acceptors (Lipinski definition) is 4. The van der Waals surface area contributed by atoms with E-state index in [9.17, 15) is 20.0 Å². The van der Waals surface area contributed by atoms with E-state index in [0.29, 0.717) is 17.2 Å². The molecule has 1 unspecified atom stereocenters. The third kappa shape index (κ3) is 3.91. The van der Waals surface area contributed by atoms with Gasteiger partial charge in [-0.15, -0.1) is 0 Å². The van der Waals surface area contributed by atoms with Crippen LogP contribution in [0.3, 0.4) is 0 Å². The summed E-state index contributed by atoms with van der Waals surface area (Å²) in [5, 5.41) is 23.3. The van der Waals surface area contributed by atoms with Crippen LogP contribution in [0.4, 0.5) is 16.2 Å². The van der Waals surface area contributed by atoms with Crippen molar-refractivity contribution in [1.29, 1.82) is 0 Å². The normalized spacial score (nSPS) is 15.4. The van der Waals surface area contributed by atoms with Crippen LogP contribution in [0, 0.1) is 23.0 Å². The number of urea groups is 1. The van der Waals surface area contributed by atoms with Crippen molar-refractivity contribution in [2.45, 2.75) is 25.9 Å². The first kappa shape index (κ1) is 15.2. The van der Waals surface area contributed by atoms with Crippen molar-refractivity contribution in [2.75, 3.05) is 18.9 Å². The van der Waals surface area contributed by atoms with Gasteiger partial charge in [0.1, 0.15) is 0 Å². The first-order valence-corrected chi connectivity index (χ1v) is 6.83. The molecule has 7 heteroatoms. The maximum atomic E-state index is 12.0. The zero-order valence-corrected chi connectivity index (χ0v) is 12.1. The number of likely N-dealkylation sites (N-methyl/N-ethyl adjacent to an activating group) is 1. The van der Waals surface area contributed by atoms with Gasteiger partial charge in [0, 0.05) is 30.9 Å². The van der Waals surface area contributed by atoms with Crippen LogP contribution in [0.2, 0.25) is 0 Å². The van der Waals surface area contributed by atoms with Crippen LogP contribution >= 0.6 is 0 Å². The molecule has 1 fully saturated rings. The fraction of sp³-hybridized carbons (Fsp3) is 0.500. The van der Waals surface area contributed by atoms with Crippen molar-refractivity contribution in [3.05, 3.63) is 33.9 Å². The number of aliphatic hydroxyl groups is 1. The summed E-state index contributed by atoms with van der Waals surface area (Å²) in [4.78, 5) is 23.8. The molecule has 0 radical (unpaired) electrons. The van der Waals surface area contributed by atoms with E-state index in [2.05, 4.69) is 5.32 Å². The van der Waals surface area contributed by atoms with Gasteiger partial charge in [-0.3, -0.25) is 10.1 Å². The second kappa shape index (κ2) is 6.09. The highest BCUT2D eigenvalue weighted by atomic mass is 16.6. The average molecular weight is 293 g/mol. The Bertz CT molecular complexity index is 557. The number of anilines is 1. The molecule has 1 aromatic carbocycles. The molecule has 1 atom stereocenters. The van der Waals surface area contributed by atoms with Gasteiger partial charge in [-0.05, 0) is 31.7 Å². The summed E-state index contributed by atoms with van der Waals surface area (Å²) in [6.07, 6.45) is 1.50. The third-order valence-corrected chi connectivity index (χ3v) is 3.63. The van der Waals surface area contributed by atoms with Crippen molar-refractivity contribution >= 4 is 17.4 Å². The van der Waals surface area contributed by atoms with Gasteiger partial charge in [0.15, 0.2) is 0 Å². The zero-order valence-electron chi connectivity index (χ0n) is 12.1. The fourth-order valence-corrected chi connectivity index (χ4v) is 2.10. The van der Waals surface area contributed by atoms with E-state index in [4.69, 9.17) is 0 Å². The number of benzene rings is 1. The number of aryl methyl sites for hydroxylation is 1. The van der Waals surface area contributed by atoms with Gasteiger partial charge in [-0.2, -0.15) is 0 Å². The van der Waals surface area contributed by atoms with Crippen LogP contribution in [-0.4, -0.2) is 40.7 Å². The molecule has 0 bridgehead atoms. The maximum absolute atomic E-state index is 12.0. The lowest BCUT2D eigenvalue weighted by atomic mass is 10.2. The topological polar surface area (TPSA) is 95.7 Å². The predicted molar refractivity (Wildman–Crippen MR) is 78.2 cm³/mol. The minimum absolute atomic E-state index is 0.0338. The second-order valence-corrected chi connectivity index (χ2v) is 5.47. The van der Waals surface area contributed by atoms with Crippen LogP contribution in [0.15, 0.2) is 18.2 Å². The standard InChI is InChI=1S/C14H19N3O4/c1-9-3-6-11(7-12(9)17(20)21)15-14(19)16(2)8-13(18)10-4-5-10/h3,6-7,10,13,18H,4-5,8H2,1-2H3,(H,15,19). The summed E-state index contributed by atoms with van der Waals surface area (Å²) in [5.41, 5.74) is 0.869. The molecular formula is C14H19N3O4. The molecular weight excluding hydrogens is 274 g/mol. The Morgan fingerprint density at radius 2 is 2.24 bits per heavy atom. The van der Waals surface area contributed by atoms with E-state index >= 15 is 0 Å². The molecule has 2 amide bonds. The molecule has 7 nitrogen and oxygen atoms in total. The van der Waals surface area contributed by atoms with Gasteiger partial charge in [-0.25, -0.2) is 4.79 Å². The molecule has 0 aromatic heterocycles. The van der Waals surface area contributed by atoms with E-state index < -0.39 is 17.1 Å². The largest absolute Gasteiger partial charge is 0.391 e. The zero-order chi connectivity index (χ0) is 15.6. The van der Waals surface area contributed by atoms with Gasteiger partial charge in [0.2, 0.25) is 0 Å². The van der Waals surface area contributed by atoms with E-state index in [1.165, 1.54) is 11.0 Å². The maximum Gasteiger partial charge on any atom is 0.321 e. The molecule has 0 saturated heterocycles. The number of nitro groups is 1. The summed E-state index contributed by atoms with van der Waals surface area (Å²) in [6.45, 7) is 1.90. The highest BCUT2D eigenvalue weighted by molar-refractivity contribution is 5.89. The summed E-state index contributed by atoms with van der Waals surface area (Å²) < 4.78 is 0. The van der Waals surface area contributed by atoms with Crippen LogP contribution in [-0.2, 0) is 0 Å². The molecule has 0 spiro atoms. The summed E-state index contributed by atoms with van der Waals surface area (Å²) >= 11 is 0. The Morgan fingerprint density at radius 3 is 2.81 bits per heavy atom. The van der Waals surface area contributed by atoms with Gasteiger partial charge >= 0.3 is 6.03 Å². The molecule has 0 heterocycles. The highest BCUT2D eigenvalue weighted by Crippen LogP contribution is 2.32. The van der Waals surface area contributed by atoms with Gasteiger partial charge in [0.25, 0.3) is 5.69 Å². The molecule has 1 aliphatic rings. The van der Waals surface area contributed by atoms with E-state index in [1.54, 1.807) is 26.1 Å². The summed E-state index contributed by atoms with van der Waals surface area (Å²) in [5.74, 6) is 0.292. The van der Waals surface area contributed by atoms with E-state index in [0.717, 1.165) is 12.8 Å². The molecule has 0 aliphatic heterocycles. The predicted octanol–water partition coefficient (Wildman–Crippen LogP) is 2.14. The number of aliphatic hydroxyl groups excluding tert-OH is 1. The minimum atomic E-state index is -0.506. The third-order valence-electron chi connectivity index (χ3n) is 3.63. The number of nitro benzene ring substituents is 1. The number of carbonyl (C=O) groups excluding carboxylic acids is 1. The Balaban J connectivity index is 1.98. The first-order chi connectivity index (χ1) is 9.88. The summed E-state index contributed by atoms with van der Waals surface area (Å²) in [6, 6.07) is 4.14. The molecule has 2 N–H and O–H groups in total. The second-order valence-electron chi connectivity index (χ2n) is 5.47. The Labute approximate surface area is 122 Å². The first-order valence-electron chi connectivity index (χ1n) is 6.83. The van der Waals surface area contributed by atoms with Crippen molar-refractivity contribution in [2.24, 2.45) is 5.92 Å². The molecule has 1 aromatic rings. The monoisotopic (exact) mass is 293 g/mol. The Kier molecular flexibility index (Phi) is 4.42. The van der Waals surface area contributed by atoms with Gasteiger partial charge in [-0.1, -0.05) is 6.07 Å². The van der Waals surface area contributed by atoms with Crippen molar-refractivity contribution < 1.29 is 14.8 Å². The lowest BCUT2D eigenvalue weighted by Crippen LogP contribution is -2.38. The number of amides is 2. The van der Waals surface area contributed by atoms with Crippen molar-refractivity contribution in [1.82, 2.24) is 4.90 Å². The number of nitrogens with one attached hydrogen (secondary N) is 1. The molecule has 2 rings (SSSR count). The lowest BCUT2D eigenvalue weighted by molar-refractivity contribution is -0.385. The van der Waals surface area contributed by atoms with Crippen LogP contribution in [0.1, 0.15) is 18.4 Å². The number of hydrogen-bond donors (Lipinski definition) is 2. The van der Waals surface area contributed by atoms with Crippen LogP contribution < -0.4 is 5.32 Å². The van der Waals surface area contributed by atoms with Crippen molar-refractivity contribution in [3.63, 3.8) is 0 Å². The Morgan fingerprint density at radius 1 is 1.57 bits per heavy atom.